The van der Waals surface area contributed by atoms with Gasteiger partial charge in [-0.2, -0.15) is 4.31 Å². The van der Waals surface area contributed by atoms with Gasteiger partial charge in [0, 0.05) is 19.5 Å². The average Bonchev–Trinajstić information content (AvgIpc) is 3.49. The molecule has 9 nitrogen and oxygen atoms in total. The first kappa shape index (κ1) is 31.5. The van der Waals surface area contributed by atoms with Gasteiger partial charge in [-0.25, -0.2) is 13.2 Å². The van der Waals surface area contributed by atoms with Crippen LogP contribution in [0.25, 0.3) is 0 Å². The van der Waals surface area contributed by atoms with Crippen LogP contribution in [0.4, 0.5) is 4.79 Å². The molecule has 0 saturated carbocycles. The van der Waals surface area contributed by atoms with Gasteiger partial charge in [-0.3, -0.25) is 0 Å². The molecule has 1 fully saturated rings. The van der Waals surface area contributed by atoms with Crippen molar-refractivity contribution in [3.05, 3.63) is 96.1 Å². The fraction of sp³-hybridized carbons (Fsp3) is 0.406. The van der Waals surface area contributed by atoms with Crippen molar-refractivity contribution in [1.82, 2.24) is 9.62 Å². The minimum absolute atomic E-state index is 0.00619. The molecular weight excluding hydrogens is 556 g/mol. The molecule has 0 aromatic heterocycles. The molecule has 4 rings (SSSR count). The highest BCUT2D eigenvalue weighted by Gasteiger charge is 2.32. The van der Waals surface area contributed by atoms with E-state index in [1.807, 2.05) is 74.5 Å². The van der Waals surface area contributed by atoms with Gasteiger partial charge in [-0.1, -0.05) is 74.5 Å². The van der Waals surface area contributed by atoms with Crippen molar-refractivity contribution in [2.24, 2.45) is 5.92 Å². The second-order valence-electron chi connectivity index (χ2n) is 10.9. The average molecular weight is 597 g/mol. The Morgan fingerprint density at radius 3 is 2.21 bits per heavy atom. The van der Waals surface area contributed by atoms with E-state index >= 15 is 0 Å². The highest BCUT2D eigenvalue weighted by Crippen LogP contribution is 2.23. The van der Waals surface area contributed by atoms with Crippen LogP contribution in [0.2, 0.25) is 0 Å². The molecular formula is C32H40N2O7S. The number of aliphatic hydroxyl groups is 1. The van der Waals surface area contributed by atoms with Crippen molar-refractivity contribution in [3.63, 3.8) is 0 Å². The number of nitrogens with zero attached hydrogens (tertiary/aromatic N) is 1. The zero-order valence-corrected chi connectivity index (χ0v) is 24.9. The number of carbonyl (C=O) groups excluding carboxylic acids is 1. The molecule has 0 unspecified atom stereocenters. The number of sulfonamides is 1. The predicted octanol–water partition coefficient (Wildman–Crippen LogP) is 4.40. The molecule has 1 amide bonds. The molecule has 0 spiro atoms. The van der Waals surface area contributed by atoms with Crippen molar-refractivity contribution in [2.45, 2.75) is 56.4 Å². The molecule has 2 N–H and O–H groups in total. The molecule has 0 aliphatic carbocycles. The quantitative estimate of drug-likeness (QED) is 0.284. The summed E-state index contributed by atoms with van der Waals surface area (Å²) >= 11 is 0. The molecule has 1 saturated heterocycles. The Morgan fingerprint density at radius 1 is 0.976 bits per heavy atom. The molecule has 3 aromatic rings. The lowest BCUT2D eigenvalue weighted by Gasteiger charge is -2.30. The van der Waals surface area contributed by atoms with Gasteiger partial charge in [-0.05, 0) is 47.7 Å². The van der Waals surface area contributed by atoms with Gasteiger partial charge in [-0.15, -0.1) is 0 Å². The third-order valence-electron chi connectivity index (χ3n) is 6.90. The van der Waals surface area contributed by atoms with Crippen LogP contribution in [-0.2, 0) is 32.5 Å². The molecule has 10 heteroatoms. The summed E-state index contributed by atoms with van der Waals surface area (Å²) in [5.41, 5.74) is 1.89. The first-order chi connectivity index (χ1) is 20.2. The lowest BCUT2D eigenvalue weighted by molar-refractivity contribution is 0.0644. The Bertz CT molecular complexity index is 1350. The Labute approximate surface area is 248 Å². The van der Waals surface area contributed by atoms with Crippen LogP contribution < -0.4 is 10.1 Å². The van der Waals surface area contributed by atoms with Crippen molar-refractivity contribution in [1.29, 1.82) is 0 Å². The molecule has 0 bridgehead atoms. The number of rotatable bonds is 14. The van der Waals surface area contributed by atoms with Gasteiger partial charge in [0.1, 0.15) is 18.5 Å². The number of nitrogens with one attached hydrogen (secondary N) is 1. The molecule has 3 aromatic carbocycles. The standard InChI is InChI=1S/C32H40N2O7S/c1-24(2)20-34(42(37,38)29-15-13-27(14-16-29)40-22-26-11-7-4-8-12-26)21-31(35)30(19-25-9-5-3-6-10-25)33-32(36)41-28-17-18-39-23-28/h3-16,24,28,30-31,35H,17-23H2,1-2H3,(H,33,36)/t28-,30+,31-/m1/s1. The Kier molecular flexibility index (Phi) is 11.4. The van der Waals surface area contributed by atoms with Crippen LogP contribution in [0.1, 0.15) is 31.4 Å². The van der Waals surface area contributed by atoms with Gasteiger partial charge >= 0.3 is 6.09 Å². The Hall–Kier alpha value is -3.44. The smallest absolute Gasteiger partial charge is 0.407 e. The van der Waals surface area contributed by atoms with E-state index in [1.165, 1.54) is 16.4 Å². The van der Waals surface area contributed by atoms with Gasteiger partial charge < -0.3 is 24.6 Å². The maximum absolute atomic E-state index is 13.8. The lowest BCUT2D eigenvalue weighted by atomic mass is 10.0. The van der Waals surface area contributed by atoms with E-state index < -0.39 is 28.3 Å². The Balaban J connectivity index is 1.48. The summed E-state index contributed by atoms with van der Waals surface area (Å²) in [4.78, 5) is 12.8. The normalized spacial score (nSPS) is 16.7. The van der Waals surface area contributed by atoms with Crippen LogP contribution in [0.5, 0.6) is 5.75 Å². The second kappa shape index (κ2) is 15.2. The summed E-state index contributed by atoms with van der Waals surface area (Å²) in [7, 11) is -3.97. The third kappa shape index (κ3) is 9.29. The highest BCUT2D eigenvalue weighted by atomic mass is 32.2. The van der Waals surface area contributed by atoms with Crippen LogP contribution in [-0.4, -0.2) is 68.5 Å². The van der Waals surface area contributed by atoms with Crippen LogP contribution in [0.15, 0.2) is 89.8 Å². The minimum Gasteiger partial charge on any atom is -0.489 e. The van der Waals surface area contributed by atoms with Gasteiger partial charge in [0.25, 0.3) is 0 Å². The van der Waals surface area contributed by atoms with E-state index in [4.69, 9.17) is 14.2 Å². The summed E-state index contributed by atoms with van der Waals surface area (Å²) in [6.07, 6.45) is -1.33. The number of alkyl carbamates (subject to hydrolysis) is 1. The van der Waals surface area contributed by atoms with Gasteiger partial charge in [0.2, 0.25) is 10.0 Å². The minimum atomic E-state index is -3.97. The van der Waals surface area contributed by atoms with E-state index in [1.54, 1.807) is 12.1 Å². The third-order valence-corrected chi connectivity index (χ3v) is 8.74. The fourth-order valence-corrected chi connectivity index (χ4v) is 6.33. The zero-order valence-electron chi connectivity index (χ0n) is 24.1. The predicted molar refractivity (Wildman–Crippen MR) is 160 cm³/mol. The van der Waals surface area contributed by atoms with Gasteiger partial charge in [0.15, 0.2) is 0 Å². The summed E-state index contributed by atoms with van der Waals surface area (Å²) in [5.74, 6) is 0.542. The van der Waals surface area contributed by atoms with Crippen LogP contribution >= 0.6 is 0 Å². The fourth-order valence-electron chi connectivity index (χ4n) is 4.71. The molecule has 0 radical (unpaired) electrons. The molecule has 1 aliphatic rings. The molecule has 226 valence electrons. The number of ether oxygens (including phenoxy) is 3. The largest absolute Gasteiger partial charge is 0.489 e. The van der Waals surface area contributed by atoms with Crippen molar-refractivity contribution in [2.75, 3.05) is 26.3 Å². The molecule has 3 atom stereocenters. The number of aliphatic hydroxyl groups excluding tert-OH is 1. The second-order valence-corrected chi connectivity index (χ2v) is 12.8. The van der Waals surface area contributed by atoms with E-state index in [0.717, 1.165) is 11.1 Å². The van der Waals surface area contributed by atoms with Crippen molar-refractivity contribution < 1.29 is 32.5 Å². The molecule has 1 heterocycles. The number of amides is 1. The van der Waals surface area contributed by atoms with E-state index in [-0.39, 0.29) is 30.0 Å². The van der Waals surface area contributed by atoms with E-state index in [0.29, 0.717) is 38.4 Å². The Morgan fingerprint density at radius 2 is 1.62 bits per heavy atom. The van der Waals surface area contributed by atoms with Crippen LogP contribution in [0, 0.1) is 5.92 Å². The van der Waals surface area contributed by atoms with Crippen molar-refractivity contribution >= 4 is 16.1 Å². The topological polar surface area (TPSA) is 114 Å². The summed E-state index contributed by atoms with van der Waals surface area (Å²) < 4.78 is 45.4. The first-order valence-corrected chi connectivity index (χ1v) is 15.7. The number of hydrogen-bond donors (Lipinski definition) is 2. The SMILES string of the molecule is CC(C)CN(C[C@@H](O)[C@H](Cc1ccccc1)NC(=O)O[C@@H]1CCOC1)S(=O)(=O)c1ccc(OCc2ccccc2)cc1. The highest BCUT2D eigenvalue weighted by molar-refractivity contribution is 7.89. The van der Waals surface area contributed by atoms with Gasteiger partial charge in [0.05, 0.1) is 30.3 Å². The van der Waals surface area contributed by atoms with Crippen molar-refractivity contribution in [3.8, 4) is 5.75 Å². The molecule has 42 heavy (non-hydrogen) atoms. The monoisotopic (exact) mass is 596 g/mol. The van der Waals surface area contributed by atoms with E-state index in [2.05, 4.69) is 5.32 Å². The number of benzene rings is 3. The van der Waals surface area contributed by atoms with E-state index in [9.17, 15) is 18.3 Å². The lowest BCUT2D eigenvalue weighted by Crippen LogP contribution is -2.51. The molecule has 1 aliphatic heterocycles. The van der Waals surface area contributed by atoms with Crippen LogP contribution in [0.3, 0.4) is 0 Å². The maximum atomic E-state index is 13.8. The summed E-state index contributed by atoms with van der Waals surface area (Å²) in [6.45, 7) is 5.02. The summed E-state index contributed by atoms with van der Waals surface area (Å²) in [5, 5.41) is 14.1. The number of carbonyl (C=O) groups is 1. The first-order valence-electron chi connectivity index (χ1n) is 14.2. The number of hydrogen-bond acceptors (Lipinski definition) is 7. The maximum Gasteiger partial charge on any atom is 0.407 e. The zero-order chi connectivity index (χ0) is 30.0. The summed E-state index contributed by atoms with van der Waals surface area (Å²) in [6, 6.07) is 24.6.